The SMILES string of the molecule is COC(=O)C1CCN(C(=O)CNC2(C)CCNC2)CC1. The van der Waals surface area contributed by atoms with Crippen molar-refractivity contribution in [3.05, 3.63) is 0 Å². The molecule has 2 N–H and O–H groups in total. The molecule has 1 atom stereocenters. The summed E-state index contributed by atoms with van der Waals surface area (Å²) in [6.07, 6.45) is 2.46. The first kappa shape index (κ1) is 15.3. The first-order chi connectivity index (χ1) is 9.54. The third-order valence-corrected chi connectivity index (χ3v) is 4.42. The van der Waals surface area contributed by atoms with Crippen LogP contribution in [0.3, 0.4) is 0 Å². The summed E-state index contributed by atoms with van der Waals surface area (Å²) in [6, 6.07) is 0. The molecule has 1 amide bonds. The number of nitrogens with zero attached hydrogens (tertiary/aromatic N) is 1. The number of ether oxygens (including phenoxy) is 1. The number of esters is 1. The molecule has 2 aliphatic heterocycles. The molecule has 2 rings (SSSR count). The number of carbonyl (C=O) groups is 2. The molecule has 0 aromatic heterocycles. The average Bonchev–Trinajstić information content (AvgIpc) is 2.91. The summed E-state index contributed by atoms with van der Waals surface area (Å²) in [7, 11) is 1.42. The fraction of sp³-hybridized carbons (Fsp3) is 0.857. The van der Waals surface area contributed by atoms with Gasteiger partial charge in [0.1, 0.15) is 0 Å². The van der Waals surface area contributed by atoms with E-state index in [0.29, 0.717) is 32.5 Å². The van der Waals surface area contributed by atoms with Crippen LogP contribution in [-0.2, 0) is 14.3 Å². The zero-order valence-corrected chi connectivity index (χ0v) is 12.4. The molecule has 0 spiro atoms. The second-order valence-electron chi connectivity index (χ2n) is 6.02. The van der Waals surface area contributed by atoms with Crippen LogP contribution in [0, 0.1) is 5.92 Å². The molecule has 6 heteroatoms. The Hall–Kier alpha value is -1.14. The van der Waals surface area contributed by atoms with Crippen LogP contribution in [0.1, 0.15) is 26.2 Å². The minimum atomic E-state index is -0.153. The minimum Gasteiger partial charge on any atom is -0.469 e. The van der Waals surface area contributed by atoms with Gasteiger partial charge in [0, 0.05) is 25.2 Å². The Morgan fingerprint density at radius 2 is 2.10 bits per heavy atom. The molecule has 0 radical (unpaired) electrons. The number of nitrogens with one attached hydrogen (secondary N) is 2. The van der Waals surface area contributed by atoms with E-state index in [1.54, 1.807) is 0 Å². The molecule has 1 unspecified atom stereocenters. The van der Waals surface area contributed by atoms with Crippen LogP contribution in [0.15, 0.2) is 0 Å². The average molecular weight is 283 g/mol. The Kier molecular flexibility index (Phi) is 4.99. The van der Waals surface area contributed by atoms with Crippen LogP contribution in [0.25, 0.3) is 0 Å². The second-order valence-corrected chi connectivity index (χ2v) is 6.02. The molecule has 114 valence electrons. The third kappa shape index (κ3) is 3.70. The van der Waals surface area contributed by atoms with Crippen LogP contribution in [-0.4, -0.2) is 62.1 Å². The number of hydrogen-bond donors (Lipinski definition) is 2. The summed E-state index contributed by atoms with van der Waals surface area (Å²) in [4.78, 5) is 25.5. The first-order valence-corrected chi connectivity index (χ1v) is 7.35. The topological polar surface area (TPSA) is 70.7 Å². The standard InChI is InChI=1S/C14H25N3O3/c1-14(5-6-15-10-14)16-9-12(18)17-7-3-11(4-8-17)13(19)20-2/h11,15-16H,3-10H2,1-2H3. The monoisotopic (exact) mass is 283 g/mol. The van der Waals surface area contributed by atoms with Gasteiger partial charge in [-0.15, -0.1) is 0 Å². The number of methoxy groups -OCH3 is 1. The fourth-order valence-electron chi connectivity index (χ4n) is 2.90. The van der Waals surface area contributed by atoms with Crippen LogP contribution in [0.4, 0.5) is 0 Å². The van der Waals surface area contributed by atoms with Crippen molar-refractivity contribution in [1.82, 2.24) is 15.5 Å². The molecule has 6 nitrogen and oxygen atoms in total. The fourth-order valence-corrected chi connectivity index (χ4v) is 2.90. The van der Waals surface area contributed by atoms with E-state index in [9.17, 15) is 9.59 Å². The van der Waals surface area contributed by atoms with Crippen molar-refractivity contribution in [1.29, 1.82) is 0 Å². The molecule has 0 bridgehead atoms. The van der Waals surface area contributed by atoms with E-state index < -0.39 is 0 Å². The molecule has 20 heavy (non-hydrogen) atoms. The zero-order valence-electron chi connectivity index (χ0n) is 12.4. The molecule has 2 aliphatic rings. The van der Waals surface area contributed by atoms with Crippen molar-refractivity contribution in [3.63, 3.8) is 0 Å². The van der Waals surface area contributed by atoms with Gasteiger partial charge in [-0.05, 0) is 32.7 Å². The molecular formula is C14H25N3O3. The molecule has 0 aromatic carbocycles. The number of likely N-dealkylation sites (tertiary alicyclic amines) is 1. The Morgan fingerprint density at radius 1 is 1.40 bits per heavy atom. The van der Waals surface area contributed by atoms with Crippen LogP contribution < -0.4 is 10.6 Å². The molecule has 0 saturated carbocycles. The number of piperidine rings is 1. The summed E-state index contributed by atoms with van der Waals surface area (Å²) in [5, 5.41) is 6.66. The lowest BCUT2D eigenvalue weighted by Crippen LogP contribution is -2.50. The van der Waals surface area contributed by atoms with Gasteiger partial charge >= 0.3 is 5.97 Å². The Labute approximate surface area is 120 Å². The van der Waals surface area contributed by atoms with Crippen LogP contribution in [0.2, 0.25) is 0 Å². The van der Waals surface area contributed by atoms with Gasteiger partial charge in [0.2, 0.25) is 5.91 Å². The lowest BCUT2D eigenvalue weighted by atomic mass is 9.97. The van der Waals surface area contributed by atoms with Gasteiger partial charge in [-0.25, -0.2) is 0 Å². The number of rotatable bonds is 4. The highest BCUT2D eigenvalue weighted by Crippen LogP contribution is 2.19. The maximum absolute atomic E-state index is 12.2. The lowest BCUT2D eigenvalue weighted by molar-refractivity contribution is -0.148. The normalized spacial score (nSPS) is 27.6. The number of hydrogen-bond acceptors (Lipinski definition) is 5. The Bertz CT molecular complexity index is 359. The second kappa shape index (κ2) is 6.54. The van der Waals surface area contributed by atoms with E-state index in [1.807, 2.05) is 4.90 Å². The van der Waals surface area contributed by atoms with Gasteiger partial charge in [0.25, 0.3) is 0 Å². The molecule has 2 fully saturated rings. The van der Waals surface area contributed by atoms with E-state index in [4.69, 9.17) is 4.74 Å². The maximum atomic E-state index is 12.2. The van der Waals surface area contributed by atoms with E-state index in [1.165, 1.54) is 7.11 Å². The van der Waals surface area contributed by atoms with Crippen molar-refractivity contribution in [2.45, 2.75) is 31.7 Å². The van der Waals surface area contributed by atoms with Gasteiger partial charge in [0.05, 0.1) is 19.6 Å². The first-order valence-electron chi connectivity index (χ1n) is 7.35. The van der Waals surface area contributed by atoms with Crippen molar-refractivity contribution in [2.75, 3.05) is 39.8 Å². The van der Waals surface area contributed by atoms with Crippen molar-refractivity contribution in [3.8, 4) is 0 Å². The predicted molar refractivity (Wildman–Crippen MR) is 75.2 cm³/mol. The van der Waals surface area contributed by atoms with E-state index in [2.05, 4.69) is 17.6 Å². The Morgan fingerprint density at radius 3 is 2.65 bits per heavy atom. The molecule has 0 aliphatic carbocycles. The molecule has 0 aromatic rings. The highest BCUT2D eigenvalue weighted by Gasteiger charge is 2.31. The summed E-state index contributed by atoms with van der Waals surface area (Å²) in [5.41, 5.74) is 0.0278. The Balaban J connectivity index is 1.73. The third-order valence-electron chi connectivity index (χ3n) is 4.42. The van der Waals surface area contributed by atoms with Gasteiger partial charge in [-0.1, -0.05) is 0 Å². The van der Waals surface area contributed by atoms with Crippen LogP contribution in [0.5, 0.6) is 0 Å². The van der Waals surface area contributed by atoms with Gasteiger partial charge in [0.15, 0.2) is 0 Å². The van der Waals surface area contributed by atoms with Crippen molar-refractivity contribution < 1.29 is 14.3 Å². The van der Waals surface area contributed by atoms with Crippen molar-refractivity contribution in [2.24, 2.45) is 5.92 Å². The van der Waals surface area contributed by atoms with Crippen molar-refractivity contribution >= 4 is 11.9 Å². The number of amides is 1. The summed E-state index contributed by atoms with van der Waals surface area (Å²) in [5.74, 6) is -0.0743. The largest absolute Gasteiger partial charge is 0.469 e. The maximum Gasteiger partial charge on any atom is 0.308 e. The predicted octanol–water partition coefficient (Wildman–Crippen LogP) is -0.260. The number of carbonyl (C=O) groups excluding carboxylic acids is 2. The highest BCUT2D eigenvalue weighted by molar-refractivity contribution is 5.79. The summed E-state index contributed by atoms with van der Waals surface area (Å²) in [6.45, 7) is 5.72. The smallest absolute Gasteiger partial charge is 0.308 e. The molecule has 2 saturated heterocycles. The van der Waals surface area contributed by atoms with Gasteiger partial charge in [-0.2, -0.15) is 0 Å². The van der Waals surface area contributed by atoms with Gasteiger partial charge in [-0.3, -0.25) is 9.59 Å². The zero-order chi connectivity index (χ0) is 14.6. The molecule has 2 heterocycles. The lowest BCUT2D eigenvalue weighted by Gasteiger charge is -2.32. The van der Waals surface area contributed by atoms with E-state index in [0.717, 1.165) is 19.5 Å². The molecular weight excluding hydrogens is 258 g/mol. The van der Waals surface area contributed by atoms with E-state index in [-0.39, 0.29) is 23.3 Å². The quantitative estimate of drug-likeness (QED) is 0.696. The summed E-state index contributed by atoms with van der Waals surface area (Å²) >= 11 is 0. The van der Waals surface area contributed by atoms with Crippen LogP contribution >= 0.6 is 0 Å². The minimum absolute atomic E-state index is 0.0278. The van der Waals surface area contributed by atoms with E-state index >= 15 is 0 Å². The van der Waals surface area contributed by atoms with Gasteiger partial charge < -0.3 is 20.3 Å². The summed E-state index contributed by atoms with van der Waals surface area (Å²) < 4.78 is 4.75. The highest BCUT2D eigenvalue weighted by atomic mass is 16.5.